The summed E-state index contributed by atoms with van der Waals surface area (Å²) in [5.74, 6) is -0.582. The third kappa shape index (κ3) is 3.02. The second kappa shape index (κ2) is 8.38. The highest BCUT2D eigenvalue weighted by Gasteiger charge is 2.63. The number of anilines is 1. The molecule has 2 N–H and O–H groups in total. The largest absolute Gasteiger partial charge is 0.504 e. The first-order chi connectivity index (χ1) is 18.3. The number of methoxy groups -OCH3 is 3. The zero-order chi connectivity index (χ0) is 26.9. The number of nitrogens with one attached hydrogen (secondary N) is 1. The quantitative estimate of drug-likeness (QED) is 0.475. The normalized spacial score (nSPS) is 23.4. The summed E-state index contributed by atoms with van der Waals surface area (Å²) < 4.78 is 23.8. The number of ketones is 2. The zero-order valence-electron chi connectivity index (χ0n) is 20.9. The number of hydrogen-bond donors (Lipinski definition) is 2. The molecule has 6 rings (SSSR count). The van der Waals surface area contributed by atoms with E-state index >= 15 is 0 Å². The average molecular weight is 539 g/mol. The van der Waals surface area contributed by atoms with E-state index in [1.165, 1.54) is 44.5 Å². The maximum Gasteiger partial charge on any atom is 0.236 e. The molecule has 1 spiro atoms. The van der Waals surface area contributed by atoms with Gasteiger partial charge in [-0.25, -0.2) is 4.68 Å². The van der Waals surface area contributed by atoms with Crippen molar-refractivity contribution < 1.29 is 33.6 Å². The summed E-state index contributed by atoms with van der Waals surface area (Å²) >= 11 is 6.55. The van der Waals surface area contributed by atoms with Gasteiger partial charge in [-0.15, -0.1) is 0 Å². The molecule has 11 nitrogen and oxygen atoms in total. The number of fused-ring (bicyclic) bond motifs is 2. The molecule has 3 aromatic rings. The molecule has 2 aromatic carbocycles. The summed E-state index contributed by atoms with van der Waals surface area (Å²) in [7, 11) is 4.29. The molecule has 196 valence electrons. The fraction of sp³-hybridized carbons (Fsp3) is 0.308. The lowest BCUT2D eigenvalue weighted by Gasteiger charge is -2.41. The van der Waals surface area contributed by atoms with Crippen molar-refractivity contribution in [2.24, 2.45) is 5.92 Å². The molecule has 0 amide bonds. The van der Waals surface area contributed by atoms with Gasteiger partial charge in [0, 0.05) is 23.3 Å². The van der Waals surface area contributed by atoms with Gasteiger partial charge < -0.3 is 29.4 Å². The first-order valence-electron chi connectivity index (χ1n) is 11.8. The molecule has 0 fully saturated rings. The number of phenols is 1. The molecule has 1 aliphatic carbocycles. The van der Waals surface area contributed by atoms with Crippen LogP contribution in [0.4, 0.5) is 5.95 Å². The second-order valence-corrected chi connectivity index (χ2v) is 9.66. The number of carbonyl (C=O) groups excluding carboxylic acids is 2. The van der Waals surface area contributed by atoms with Crippen LogP contribution < -0.4 is 24.3 Å². The van der Waals surface area contributed by atoms with Gasteiger partial charge in [0.15, 0.2) is 17.2 Å². The van der Waals surface area contributed by atoms with Gasteiger partial charge in [-0.3, -0.25) is 9.59 Å². The van der Waals surface area contributed by atoms with Crippen LogP contribution in [0.2, 0.25) is 5.02 Å². The van der Waals surface area contributed by atoms with Crippen LogP contribution in [-0.4, -0.2) is 58.4 Å². The maximum absolute atomic E-state index is 14.6. The summed E-state index contributed by atoms with van der Waals surface area (Å²) in [4.78, 5) is 33.0. The number of allylic oxidation sites excluding steroid dienone is 1. The van der Waals surface area contributed by atoms with Gasteiger partial charge in [-0.1, -0.05) is 24.6 Å². The molecule has 12 heteroatoms. The SMILES string of the molecule is COc1ccc([C@H]2C3=C(C[C@@H](C)[C@]4(Oc5c(Cl)c(OC)cc(OC)c5C4=O)C3=O)Nc3ncnn32)cc1O. The Morgan fingerprint density at radius 2 is 1.84 bits per heavy atom. The molecule has 0 radical (unpaired) electrons. The van der Waals surface area contributed by atoms with E-state index in [9.17, 15) is 14.7 Å². The zero-order valence-corrected chi connectivity index (χ0v) is 21.6. The third-order valence-electron chi connectivity index (χ3n) is 7.40. The Bertz CT molecular complexity index is 1570. The number of rotatable bonds is 4. The van der Waals surface area contributed by atoms with Gasteiger partial charge in [0.05, 0.1) is 21.3 Å². The van der Waals surface area contributed by atoms with Crippen molar-refractivity contribution in [2.45, 2.75) is 25.0 Å². The van der Waals surface area contributed by atoms with Crippen LogP contribution in [0.5, 0.6) is 28.7 Å². The van der Waals surface area contributed by atoms with Gasteiger partial charge >= 0.3 is 0 Å². The highest BCUT2D eigenvalue weighted by atomic mass is 35.5. The number of benzene rings is 2. The van der Waals surface area contributed by atoms with E-state index in [1.54, 1.807) is 19.1 Å². The molecular formula is C26H23ClN4O7. The van der Waals surface area contributed by atoms with Crippen LogP contribution in [0.25, 0.3) is 0 Å². The molecule has 3 atom stereocenters. The van der Waals surface area contributed by atoms with Gasteiger partial charge in [0.1, 0.15) is 34.5 Å². The minimum Gasteiger partial charge on any atom is -0.504 e. The molecule has 38 heavy (non-hydrogen) atoms. The molecule has 3 aliphatic rings. The number of Topliss-reactive ketones (excluding diaryl/α,β-unsaturated/α-hetero) is 2. The van der Waals surface area contributed by atoms with E-state index in [1.807, 2.05) is 0 Å². The monoisotopic (exact) mass is 538 g/mol. The fourth-order valence-corrected chi connectivity index (χ4v) is 5.84. The first kappa shape index (κ1) is 24.1. The lowest BCUT2D eigenvalue weighted by Crippen LogP contribution is -2.58. The van der Waals surface area contributed by atoms with Crippen LogP contribution in [0.1, 0.15) is 35.3 Å². The van der Waals surface area contributed by atoms with Crippen molar-refractivity contribution in [1.29, 1.82) is 0 Å². The standard InChI is InChI=1S/C26H23ClN4O7/c1-11-7-13-18(21(31-25(30-13)28-10-29-31)12-5-6-15(35-2)14(32)8-12)23(33)26(11)24(34)19-16(36-3)9-17(37-4)20(27)22(19)38-26/h5-6,8-11,21,32H,7H2,1-4H3,(H,28,29,30)/t11-,21+,26+/m1/s1. The first-order valence-corrected chi connectivity index (χ1v) is 12.1. The predicted molar refractivity (Wildman–Crippen MR) is 135 cm³/mol. The Labute approximate surface area is 221 Å². The summed E-state index contributed by atoms with van der Waals surface area (Å²) in [5, 5.41) is 18.1. The molecule has 1 aromatic heterocycles. The maximum atomic E-state index is 14.6. The molecular weight excluding hydrogens is 516 g/mol. The lowest BCUT2D eigenvalue weighted by atomic mass is 9.69. The van der Waals surface area contributed by atoms with Gasteiger partial charge in [-0.05, 0) is 24.1 Å². The van der Waals surface area contributed by atoms with Crippen LogP contribution in [0.3, 0.4) is 0 Å². The van der Waals surface area contributed by atoms with E-state index in [0.717, 1.165) is 0 Å². The number of aromatic nitrogens is 3. The Balaban J connectivity index is 1.53. The molecule has 0 bridgehead atoms. The van der Waals surface area contributed by atoms with Gasteiger partial charge in [0.2, 0.25) is 23.1 Å². The van der Waals surface area contributed by atoms with Crippen molar-refractivity contribution in [3.8, 4) is 28.7 Å². The number of nitrogens with zero attached hydrogens (tertiary/aromatic N) is 3. The lowest BCUT2D eigenvalue weighted by molar-refractivity contribution is -0.130. The highest BCUT2D eigenvalue weighted by molar-refractivity contribution is 6.36. The number of carbonyl (C=O) groups is 2. The fourth-order valence-electron chi connectivity index (χ4n) is 5.57. The molecule has 2 aliphatic heterocycles. The van der Waals surface area contributed by atoms with Crippen LogP contribution in [0, 0.1) is 5.92 Å². The van der Waals surface area contributed by atoms with Crippen molar-refractivity contribution >= 4 is 29.1 Å². The van der Waals surface area contributed by atoms with E-state index in [4.69, 9.17) is 30.5 Å². The number of halogens is 1. The van der Waals surface area contributed by atoms with E-state index in [0.29, 0.717) is 23.6 Å². The minimum absolute atomic E-state index is 0.0426. The Morgan fingerprint density at radius 3 is 2.53 bits per heavy atom. The van der Waals surface area contributed by atoms with Crippen LogP contribution >= 0.6 is 11.6 Å². The highest BCUT2D eigenvalue weighted by Crippen LogP contribution is 2.55. The molecule has 0 unspecified atom stereocenters. The number of phenolic OH excluding ortho intramolecular Hbond substituents is 1. The van der Waals surface area contributed by atoms with Crippen molar-refractivity contribution in [3.63, 3.8) is 0 Å². The summed E-state index contributed by atoms with van der Waals surface area (Å²) in [6, 6.07) is 5.51. The number of aromatic hydroxyl groups is 1. The summed E-state index contributed by atoms with van der Waals surface area (Å²) in [5.41, 5.74) is -0.392. The predicted octanol–water partition coefficient (Wildman–Crippen LogP) is 3.55. The molecule has 0 saturated heterocycles. The topological polar surface area (TPSA) is 134 Å². The Hall–Kier alpha value is -4.25. The number of hydrogen-bond acceptors (Lipinski definition) is 10. The Kier molecular flexibility index (Phi) is 5.32. The molecule has 0 saturated carbocycles. The average Bonchev–Trinajstić information content (AvgIpc) is 3.50. The van der Waals surface area contributed by atoms with Crippen molar-refractivity contribution in [2.75, 3.05) is 26.6 Å². The van der Waals surface area contributed by atoms with E-state index in [-0.39, 0.29) is 44.9 Å². The van der Waals surface area contributed by atoms with Crippen LogP contribution in [0.15, 0.2) is 41.9 Å². The van der Waals surface area contributed by atoms with Crippen molar-refractivity contribution in [3.05, 3.63) is 58.0 Å². The van der Waals surface area contributed by atoms with Gasteiger partial charge in [-0.2, -0.15) is 10.1 Å². The second-order valence-electron chi connectivity index (χ2n) is 9.28. The third-order valence-corrected chi connectivity index (χ3v) is 7.76. The summed E-state index contributed by atoms with van der Waals surface area (Å²) in [6.45, 7) is 1.78. The summed E-state index contributed by atoms with van der Waals surface area (Å²) in [6.07, 6.45) is 1.66. The van der Waals surface area contributed by atoms with Gasteiger partial charge in [0.25, 0.3) is 0 Å². The van der Waals surface area contributed by atoms with E-state index in [2.05, 4.69) is 15.4 Å². The smallest absolute Gasteiger partial charge is 0.236 e. The number of ether oxygens (including phenoxy) is 4. The van der Waals surface area contributed by atoms with E-state index < -0.39 is 29.1 Å². The minimum atomic E-state index is -1.89. The molecule has 3 heterocycles. The Morgan fingerprint density at radius 1 is 1.11 bits per heavy atom. The van der Waals surface area contributed by atoms with Crippen molar-refractivity contribution in [1.82, 2.24) is 14.8 Å². The van der Waals surface area contributed by atoms with Crippen LogP contribution in [-0.2, 0) is 4.79 Å².